The molecular formula is C22H24N2O. The van der Waals surface area contributed by atoms with Crippen molar-refractivity contribution in [3.63, 3.8) is 0 Å². The van der Waals surface area contributed by atoms with Crippen molar-refractivity contribution in [1.29, 1.82) is 0 Å². The highest BCUT2D eigenvalue weighted by atomic mass is 16.2. The van der Waals surface area contributed by atoms with Crippen LogP contribution >= 0.6 is 0 Å². The molecule has 0 saturated carbocycles. The SMILES string of the molecule is Cc1ccc(/C=C/[C@@]23NC(=O)CN2c2ccc(C)cc2C3(C)C)cc1. The second kappa shape index (κ2) is 5.22. The molecule has 2 heterocycles. The van der Waals surface area contributed by atoms with E-state index in [0.717, 1.165) is 11.3 Å². The highest BCUT2D eigenvalue weighted by molar-refractivity contribution is 5.91. The number of hydrogen-bond acceptors (Lipinski definition) is 2. The molecule has 3 heteroatoms. The summed E-state index contributed by atoms with van der Waals surface area (Å²) in [5.41, 5.74) is 5.34. The van der Waals surface area contributed by atoms with Crippen molar-refractivity contribution < 1.29 is 4.79 Å². The van der Waals surface area contributed by atoms with Gasteiger partial charge in [0.05, 0.1) is 6.54 Å². The average molecular weight is 332 g/mol. The molecule has 1 saturated heterocycles. The van der Waals surface area contributed by atoms with E-state index in [1.165, 1.54) is 16.7 Å². The lowest BCUT2D eigenvalue weighted by Gasteiger charge is -2.40. The highest BCUT2D eigenvalue weighted by Gasteiger charge is 2.59. The molecule has 0 aromatic heterocycles. The summed E-state index contributed by atoms with van der Waals surface area (Å²) in [6, 6.07) is 15.0. The third kappa shape index (κ3) is 2.22. The van der Waals surface area contributed by atoms with E-state index >= 15 is 0 Å². The minimum absolute atomic E-state index is 0.0767. The largest absolute Gasteiger partial charge is 0.335 e. The van der Waals surface area contributed by atoms with Gasteiger partial charge in [0.2, 0.25) is 5.91 Å². The second-order valence-corrected chi connectivity index (χ2v) is 7.79. The summed E-state index contributed by atoms with van der Waals surface area (Å²) in [6.45, 7) is 9.04. The Bertz CT molecular complexity index is 879. The van der Waals surface area contributed by atoms with Crippen LogP contribution in [0, 0.1) is 13.8 Å². The number of nitrogens with one attached hydrogen (secondary N) is 1. The van der Waals surface area contributed by atoms with Gasteiger partial charge in [0, 0.05) is 11.1 Å². The molecule has 2 aliphatic heterocycles. The summed E-state index contributed by atoms with van der Waals surface area (Å²) in [6.07, 6.45) is 4.29. The number of carbonyl (C=O) groups is 1. The first-order valence-corrected chi connectivity index (χ1v) is 8.79. The third-order valence-electron chi connectivity index (χ3n) is 5.72. The number of fused-ring (bicyclic) bond motifs is 3. The van der Waals surface area contributed by atoms with Crippen LogP contribution in [0.25, 0.3) is 6.08 Å². The second-order valence-electron chi connectivity index (χ2n) is 7.79. The van der Waals surface area contributed by atoms with Crippen LogP contribution in [0.2, 0.25) is 0 Å². The summed E-state index contributed by atoms with van der Waals surface area (Å²) in [7, 11) is 0. The van der Waals surface area contributed by atoms with Crippen molar-refractivity contribution >= 4 is 17.7 Å². The Kier molecular flexibility index (Phi) is 3.33. The summed E-state index contributed by atoms with van der Waals surface area (Å²) >= 11 is 0. The van der Waals surface area contributed by atoms with Gasteiger partial charge in [-0.15, -0.1) is 0 Å². The molecule has 1 N–H and O–H groups in total. The van der Waals surface area contributed by atoms with E-state index in [2.05, 4.69) is 92.5 Å². The van der Waals surface area contributed by atoms with Crippen LogP contribution in [0.5, 0.6) is 0 Å². The summed E-state index contributed by atoms with van der Waals surface area (Å²) in [4.78, 5) is 14.5. The zero-order valence-corrected chi connectivity index (χ0v) is 15.3. The van der Waals surface area contributed by atoms with Crippen LogP contribution in [0.1, 0.15) is 36.1 Å². The summed E-state index contributed by atoms with van der Waals surface area (Å²) < 4.78 is 0. The van der Waals surface area contributed by atoms with E-state index in [9.17, 15) is 4.79 Å². The zero-order valence-electron chi connectivity index (χ0n) is 15.3. The maximum Gasteiger partial charge on any atom is 0.241 e. The molecule has 2 aliphatic rings. The number of aryl methyl sites for hydroxylation is 2. The summed E-state index contributed by atoms with van der Waals surface area (Å²) in [5.74, 6) is 0.0767. The third-order valence-corrected chi connectivity index (χ3v) is 5.72. The highest BCUT2D eigenvalue weighted by Crippen LogP contribution is 2.53. The van der Waals surface area contributed by atoms with E-state index in [1.54, 1.807) is 0 Å². The van der Waals surface area contributed by atoms with Crippen molar-refractivity contribution in [2.75, 3.05) is 11.4 Å². The van der Waals surface area contributed by atoms with E-state index < -0.39 is 5.66 Å². The number of nitrogens with zero attached hydrogens (tertiary/aromatic N) is 1. The molecule has 4 rings (SSSR count). The lowest BCUT2D eigenvalue weighted by Crippen LogP contribution is -2.58. The lowest BCUT2D eigenvalue weighted by atomic mass is 9.75. The Morgan fingerprint density at radius 2 is 1.72 bits per heavy atom. The topological polar surface area (TPSA) is 32.3 Å². The molecular weight excluding hydrogens is 308 g/mol. The fourth-order valence-electron chi connectivity index (χ4n) is 4.18. The van der Waals surface area contributed by atoms with Crippen molar-refractivity contribution in [2.45, 2.75) is 38.8 Å². The molecule has 1 amide bonds. The van der Waals surface area contributed by atoms with Gasteiger partial charge in [-0.3, -0.25) is 4.79 Å². The molecule has 0 bridgehead atoms. The Hall–Kier alpha value is -2.55. The van der Waals surface area contributed by atoms with Gasteiger partial charge in [0.1, 0.15) is 5.66 Å². The van der Waals surface area contributed by atoms with E-state index in [4.69, 9.17) is 0 Å². The van der Waals surface area contributed by atoms with Gasteiger partial charge in [0.15, 0.2) is 0 Å². The molecule has 0 spiro atoms. The summed E-state index contributed by atoms with van der Waals surface area (Å²) in [5, 5.41) is 3.27. The lowest BCUT2D eigenvalue weighted by molar-refractivity contribution is -0.118. The minimum atomic E-state index is -0.523. The van der Waals surface area contributed by atoms with Crippen LogP contribution < -0.4 is 10.2 Å². The van der Waals surface area contributed by atoms with Crippen LogP contribution in [0.15, 0.2) is 48.5 Å². The average Bonchev–Trinajstić information content (AvgIpc) is 2.99. The minimum Gasteiger partial charge on any atom is -0.335 e. The normalized spacial score (nSPS) is 23.7. The first-order valence-electron chi connectivity index (χ1n) is 8.79. The fraction of sp³-hybridized carbons (Fsp3) is 0.318. The van der Waals surface area contributed by atoms with Gasteiger partial charge in [-0.05, 0) is 37.1 Å². The Morgan fingerprint density at radius 3 is 2.44 bits per heavy atom. The van der Waals surface area contributed by atoms with E-state index in [-0.39, 0.29) is 11.3 Å². The molecule has 0 unspecified atom stereocenters. The number of carbonyl (C=O) groups excluding carboxylic acids is 1. The zero-order chi connectivity index (χ0) is 17.8. The van der Waals surface area contributed by atoms with Crippen LogP contribution in [0.4, 0.5) is 5.69 Å². The molecule has 0 radical (unpaired) electrons. The fourth-order valence-corrected chi connectivity index (χ4v) is 4.18. The van der Waals surface area contributed by atoms with Crippen molar-refractivity contribution in [3.05, 3.63) is 70.8 Å². The Morgan fingerprint density at radius 1 is 1.04 bits per heavy atom. The van der Waals surface area contributed by atoms with Crippen LogP contribution in [-0.4, -0.2) is 18.1 Å². The smallest absolute Gasteiger partial charge is 0.241 e. The predicted molar refractivity (Wildman–Crippen MR) is 103 cm³/mol. The van der Waals surface area contributed by atoms with Crippen LogP contribution in [-0.2, 0) is 10.2 Å². The van der Waals surface area contributed by atoms with Gasteiger partial charge >= 0.3 is 0 Å². The first-order chi connectivity index (χ1) is 11.8. The van der Waals surface area contributed by atoms with Crippen LogP contribution in [0.3, 0.4) is 0 Å². The van der Waals surface area contributed by atoms with Gasteiger partial charge in [0.25, 0.3) is 0 Å². The monoisotopic (exact) mass is 332 g/mol. The maximum absolute atomic E-state index is 12.3. The number of rotatable bonds is 2. The number of hydrogen-bond donors (Lipinski definition) is 1. The van der Waals surface area contributed by atoms with Gasteiger partial charge in [-0.2, -0.15) is 0 Å². The molecule has 2 aromatic rings. The first kappa shape index (κ1) is 15.9. The Labute approximate surface area is 149 Å². The molecule has 2 aromatic carbocycles. The predicted octanol–water partition coefficient (Wildman–Crippen LogP) is 3.94. The number of benzene rings is 2. The van der Waals surface area contributed by atoms with Crippen molar-refractivity contribution in [2.24, 2.45) is 0 Å². The molecule has 0 aliphatic carbocycles. The van der Waals surface area contributed by atoms with Crippen molar-refractivity contribution in [3.8, 4) is 0 Å². The van der Waals surface area contributed by atoms with Gasteiger partial charge < -0.3 is 10.2 Å². The van der Waals surface area contributed by atoms with E-state index in [0.29, 0.717) is 6.54 Å². The molecule has 1 atom stereocenters. The standard InChI is InChI=1S/C22H24N2O/c1-15-5-8-17(9-6-15)11-12-22-21(3,4)18-13-16(2)7-10-19(18)24(22)14-20(25)23-22/h5-13H,14H2,1-4H3,(H,23,25)/b12-11+/t22-/m1/s1. The quantitative estimate of drug-likeness (QED) is 0.903. The van der Waals surface area contributed by atoms with Gasteiger partial charge in [-0.1, -0.05) is 67.4 Å². The number of anilines is 1. The maximum atomic E-state index is 12.3. The Balaban J connectivity index is 1.83. The van der Waals surface area contributed by atoms with E-state index in [1.807, 2.05) is 0 Å². The molecule has 1 fully saturated rings. The molecule has 25 heavy (non-hydrogen) atoms. The van der Waals surface area contributed by atoms with Crippen molar-refractivity contribution in [1.82, 2.24) is 5.32 Å². The van der Waals surface area contributed by atoms with Gasteiger partial charge in [-0.25, -0.2) is 0 Å². The number of amides is 1. The molecule has 128 valence electrons. The molecule has 3 nitrogen and oxygen atoms in total.